The third-order valence-corrected chi connectivity index (χ3v) is 7.57. The van der Waals surface area contributed by atoms with E-state index in [1.807, 2.05) is 59.5 Å². The van der Waals surface area contributed by atoms with Gasteiger partial charge in [-0.15, -0.1) is 0 Å². The molecular weight excluding hydrogens is 567 g/mol. The van der Waals surface area contributed by atoms with Gasteiger partial charge in [-0.1, -0.05) is 31.2 Å². The molecule has 2 N–H and O–H groups in total. The fraction of sp³-hybridized carbons (Fsp3) is 0.207. The van der Waals surface area contributed by atoms with Crippen molar-refractivity contribution in [2.45, 2.75) is 31.8 Å². The molecule has 1 aliphatic rings. The van der Waals surface area contributed by atoms with Gasteiger partial charge < -0.3 is 20.0 Å². The second-order valence-corrected chi connectivity index (χ2v) is 10.2. The van der Waals surface area contributed by atoms with Crippen LogP contribution in [0.1, 0.15) is 42.4 Å². The van der Waals surface area contributed by atoms with Gasteiger partial charge in [-0.2, -0.15) is 0 Å². The summed E-state index contributed by atoms with van der Waals surface area (Å²) in [5, 5.41) is 6.93. The number of nitrogens with one attached hydrogen (secondary N) is 2. The highest BCUT2D eigenvalue weighted by Crippen LogP contribution is 2.41. The maximum absolute atomic E-state index is 13.6. The monoisotopic (exact) mass is 592 g/mol. The van der Waals surface area contributed by atoms with Crippen LogP contribution in [0.2, 0.25) is 0 Å². The van der Waals surface area contributed by atoms with Crippen LogP contribution >= 0.6 is 28.1 Å². The number of halogens is 2. The quantitative estimate of drug-likeness (QED) is 0.219. The second kappa shape index (κ2) is 11.4. The fourth-order valence-electron chi connectivity index (χ4n) is 4.69. The van der Waals surface area contributed by atoms with Crippen LogP contribution in [0, 0.1) is 5.82 Å². The van der Waals surface area contributed by atoms with Crippen LogP contribution < -0.4 is 10.6 Å². The summed E-state index contributed by atoms with van der Waals surface area (Å²) in [6.45, 7) is 2.44. The molecule has 6 nitrogen and oxygen atoms in total. The summed E-state index contributed by atoms with van der Waals surface area (Å²) in [4.78, 5) is 19.4. The lowest BCUT2D eigenvalue weighted by molar-refractivity contribution is -0.116. The van der Waals surface area contributed by atoms with Crippen LogP contribution in [0.4, 0.5) is 10.1 Å². The van der Waals surface area contributed by atoms with E-state index in [0.717, 1.165) is 28.9 Å². The molecule has 38 heavy (non-hydrogen) atoms. The summed E-state index contributed by atoms with van der Waals surface area (Å²) >= 11 is 9.14. The van der Waals surface area contributed by atoms with Crippen molar-refractivity contribution in [1.82, 2.24) is 15.2 Å². The first-order chi connectivity index (χ1) is 18.4. The predicted molar refractivity (Wildman–Crippen MR) is 153 cm³/mol. The summed E-state index contributed by atoms with van der Waals surface area (Å²) in [6, 6.07) is 21.1. The van der Waals surface area contributed by atoms with Gasteiger partial charge in [0.05, 0.1) is 11.7 Å². The molecule has 2 aromatic carbocycles. The highest BCUT2D eigenvalue weighted by molar-refractivity contribution is 9.10. The van der Waals surface area contributed by atoms with E-state index in [1.165, 1.54) is 12.1 Å². The number of aromatic nitrogens is 1. The molecule has 1 saturated heterocycles. The van der Waals surface area contributed by atoms with Gasteiger partial charge in [0.25, 0.3) is 0 Å². The van der Waals surface area contributed by atoms with Crippen molar-refractivity contribution < 1.29 is 13.6 Å². The van der Waals surface area contributed by atoms with Crippen LogP contribution in [-0.2, 0) is 11.2 Å². The van der Waals surface area contributed by atoms with E-state index < -0.39 is 0 Å². The molecule has 2 atom stereocenters. The number of pyridine rings is 1. The van der Waals surface area contributed by atoms with Crippen molar-refractivity contribution in [3.05, 3.63) is 106 Å². The Morgan fingerprint density at radius 2 is 1.97 bits per heavy atom. The molecule has 1 aliphatic heterocycles. The third kappa shape index (κ3) is 5.49. The Hall–Kier alpha value is -3.56. The number of rotatable bonds is 8. The first kappa shape index (κ1) is 26.1. The van der Waals surface area contributed by atoms with Gasteiger partial charge in [0, 0.05) is 34.9 Å². The number of carbonyl (C=O) groups excluding carboxylic acids is 1. The average molecular weight is 594 g/mol. The Labute approximate surface area is 234 Å². The van der Waals surface area contributed by atoms with Crippen molar-refractivity contribution in [3.63, 3.8) is 0 Å². The molecule has 0 radical (unpaired) electrons. The highest BCUT2D eigenvalue weighted by Gasteiger charge is 2.41. The summed E-state index contributed by atoms with van der Waals surface area (Å²) in [7, 11) is 0. The van der Waals surface area contributed by atoms with Gasteiger partial charge in [0.15, 0.2) is 5.11 Å². The Morgan fingerprint density at radius 3 is 2.74 bits per heavy atom. The van der Waals surface area contributed by atoms with Crippen molar-refractivity contribution in [1.29, 1.82) is 0 Å². The lowest BCUT2D eigenvalue weighted by Crippen LogP contribution is -2.32. The lowest BCUT2D eigenvalue weighted by Gasteiger charge is -2.26. The maximum Gasteiger partial charge on any atom is 0.226 e. The van der Waals surface area contributed by atoms with Gasteiger partial charge >= 0.3 is 0 Å². The number of thiocarbonyl (C=S) groups is 1. The van der Waals surface area contributed by atoms with E-state index in [-0.39, 0.29) is 30.2 Å². The largest absolute Gasteiger partial charge is 0.459 e. The zero-order valence-corrected chi connectivity index (χ0v) is 23.1. The Bertz CT molecular complexity index is 1460. The van der Waals surface area contributed by atoms with Crippen molar-refractivity contribution in [2.75, 3.05) is 11.9 Å². The van der Waals surface area contributed by atoms with E-state index in [2.05, 4.69) is 38.5 Å². The Kier molecular flexibility index (Phi) is 7.85. The van der Waals surface area contributed by atoms with Crippen molar-refractivity contribution >= 4 is 44.9 Å². The molecule has 9 heteroatoms. The van der Waals surface area contributed by atoms with E-state index in [1.54, 1.807) is 12.3 Å². The Morgan fingerprint density at radius 1 is 1.16 bits per heavy atom. The number of carbonyl (C=O) groups is 1. The molecule has 0 bridgehead atoms. The predicted octanol–water partition coefficient (Wildman–Crippen LogP) is 6.81. The van der Waals surface area contributed by atoms with Gasteiger partial charge in [0.1, 0.15) is 23.4 Å². The molecule has 1 amide bonds. The number of furan rings is 1. The zero-order valence-electron chi connectivity index (χ0n) is 20.7. The molecule has 0 saturated carbocycles. The van der Waals surface area contributed by atoms with E-state index >= 15 is 0 Å². The smallest absolute Gasteiger partial charge is 0.226 e. The summed E-state index contributed by atoms with van der Waals surface area (Å²) in [5.74, 6) is 0.831. The van der Waals surface area contributed by atoms with Crippen LogP contribution in [0.25, 0.3) is 11.3 Å². The number of aryl methyl sites for hydroxylation is 1. The SMILES string of the molecule is CCc1ccccc1NC(=O)CCN1C(=S)N[C@@H](c2ccccn2)[C@H]1c1ccc(-c2ccc(F)cc2Br)o1. The molecule has 1 fully saturated rings. The maximum atomic E-state index is 13.6. The number of hydrogen-bond donors (Lipinski definition) is 2. The number of amides is 1. The van der Waals surface area contributed by atoms with Crippen LogP contribution in [0.5, 0.6) is 0 Å². The number of hydrogen-bond acceptors (Lipinski definition) is 4. The third-order valence-electron chi connectivity index (χ3n) is 6.56. The number of anilines is 1. The van der Waals surface area contributed by atoms with E-state index in [9.17, 15) is 9.18 Å². The molecule has 194 valence electrons. The zero-order chi connectivity index (χ0) is 26.6. The molecule has 0 unspecified atom stereocenters. The number of para-hydroxylation sites is 1. The number of nitrogens with zero attached hydrogens (tertiary/aromatic N) is 2. The molecule has 4 aromatic rings. The van der Waals surface area contributed by atoms with E-state index in [0.29, 0.717) is 27.7 Å². The molecule has 3 heterocycles. The first-order valence-corrected chi connectivity index (χ1v) is 13.6. The van der Waals surface area contributed by atoms with Gasteiger partial charge in [-0.05, 0) is 88.7 Å². The molecular formula is C29H26BrFN4O2S. The van der Waals surface area contributed by atoms with Gasteiger partial charge in [-0.3, -0.25) is 9.78 Å². The van der Waals surface area contributed by atoms with Crippen LogP contribution in [0.15, 0.2) is 87.9 Å². The van der Waals surface area contributed by atoms with Crippen molar-refractivity contribution in [2.24, 2.45) is 0 Å². The summed E-state index contributed by atoms with van der Waals surface area (Å²) in [6.07, 6.45) is 2.80. The van der Waals surface area contributed by atoms with Gasteiger partial charge in [-0.25, -0.2) is 4.39 Å². The van der Waals surface area contributed by atoms with E-state index in [4.69, 9.17) is 16.6 Å². The van der Waals surface area contributed by atoms with Crippen molar-refractivity contribution in [3.8, 4) is 11.3 Å². The number of benzene rings is 2. The normalized spacial score (nSPS) is 16.9. The average Bonchev–Trinajstić information content (AvgIpc) is 3.52. The van der Waals surface area contributed by atoms with Gasteiger partial charge in [0.2, 0.25) is 5.91 Å². The van der Waals surface area contributed by atoms with Crippen LogP contribution in [-0.4, -0.2) is 27.4 Å². The molecule has 5 rings (SSSR count). The highest BCUT2D eigenvalue weighted by atomic mass is 79.9. The fourth-order valence-corrected chi connectivity index (χ4v) is 5.56. The first-order valence-electron chi connectivity index (χ1n) is 12.4. The molecule has 0 aliphatic carbocycles. The molecule has 0 spiro atoms. The summed E-state index contributed by atoms with van der Waals surface area (Å²) < 4.78 is 20.6. The topological polar surface area (TPSA) is 70.4 Å². The minimum absolute atomic E-state index is 0.0934. The Balaban J connectivity index is 1.41. The minimum Gasteiger partial charge on any atom is -0.459 e. The summed E-state index contributed by atoms with van der Waals surface area (Å²) in [5.41, 5.74) is 3.46. The lowest BCUT2D eigenvalue weighted by atomic mass is 10.0. The molecule has 2 aromatic heterocycles. The standard InChI is InChI=1S/C29H26BrFN4O2S/c1-2-18-7-3-4-8-22(18)33-26(36)14-16-35-28(27(34-29(35)38)23-9-5-6-15-32-23)25-13-12-24(37-25)20-11-10-19(31)17-21(20)30/h3-13,15,17,27-28H,2,14,16H2,1H3,(H,33,36)(H,34,38)/t27-,28+/m0/s1. The minimum atomic E-state index is -0.334. The second-order valence-electron chi connectivity index (χ2n) is 8.96. The van der Waals surface area contributed by atoms with Crippen LogP contribution in [0.3, 0.4) is 0 Å².